The maximum atomic E-state index is 11.4. The van der Waals surface area contributed by atoms with E-state index in [-0.39, 0.29) is 17.6 Å². The molecule has 26 heavy (non-hydrogen) atoms. The number of nitrogens with zero attached hydrogens (tertiary/aromatic N) is 3. The molecule has 0 fully saturated rings. The van der Waals surface area contributed by atoms with Gasteiger partial charge in [0.05, 0.1) is 0 Å². The van der Waals surface area contributed by atoms with Gasteiger partial charge in [-0.05, 0) is 35.6 Å². The average molecular weight is 351 g/mol. The minimum atomic E-state index is -0.486. The van der Waals surface area contributed by atoms with Gasteiger partial charge < -0.3 is 9.84 Å². The number of rotatable bonds is 4. The minimum Gasteiger partial charge on any atom is -0.505 e. The third-order valence-electron chi connectivity index (χ3n) is 4.21. The second-order valence-corrected chi connectivity index (χ2v) is 7.23. The Morgan fingerprint density at radius 3 is 2.35 bits per heavy atom. The van der Waals surface area contributed by atoms with Crippen LogP contribution in [-0.2, 0) is 21.4 Å². The SMILES string of the molecule is [CH]OC(=O)CCc1cc(-n2nc3ccccc3n2)c(O)c(C(C)(C)C)c1. The first kappa shape index (κ1) is 17.9. The summed E-state index contributed by atoms with van der Waals surface area (Å²) in [6, 6.07) is 11.2. The zero-order chi connectivity index (χ0) is 18.9. The molecule has 3 rings (SSSR count). The number of benzene rings is 2. The highest BCUT2D eigenvalue weighted by atomic mass is 16.5. The topological polar surface area (TPSA) is 77.2 Å². The molecule has 0 aliphatic carbocycles. The standard InChI is InChI=1S/C20H21N3O3/c1-20(2,3)14-11-13(9-10-18(24)26-4)12-17(19(14)25)23-21-15-7-5-6-8-16(15)22-23/h4-8,11-12,25H,9-10H2,1-3H3. The molecule has 6 heteroatoms. The maximum absolute atomic E-state index is 11.4. The summed E-state index contributed by atoms with van der Waals surface area (Å²) in [5, 5.41) is 19.7. The van der Waals surface area contributed by atoms with E-state index < -0.39 is 5.97 Å². The second kappa shape index (κ2) is 6.78. The Bertz CT molecular complexity index is 922. The van der Waals surface area contributed by atoms with E-state index in [9.17, 15) is 9.90 Å². The first-order valence-corrected chi connectivity index (χ1v) is 8.38. The molecule has 3 aromatic rings. The van der Waals surface area contributed by atoms with Gasteiger partial charge in [0.25, 0.3) is 0 Å². The van der Waals surface area contributed by atoms with E-state index in [1.165, 1.54) is 4.80 Å². The number of hydrogen-bond acceptors (Lipinski definition) is 5. The van der Waals surface area contributed by atoms with E-state index in [2.05, 4.69) is 14.9 Å². The van der Waals surface area contributed by atoms with Crippen molar-refractivity contribution in [3.05, 3.63) is 54.6 Å². The lowest BCUT2D eigenvalue weighted by Gasteiger charge is -2.23. The predicted molar refractivity (Wildman–Crippen MR) is 97.9 cm³/mol. The molecule has 2 radical (unpaired) electrons. The maximum Gasteiger partial charge on any atom is 0.306 e. The molecule has 0 atom stereocenters. The molecule has 0 aliphatic heterocycles. The number of phenols is 1. The summed E-state index contributed by atoms with van der Waals surface area (Å²) >= 11 is 0. The third-order valence-corrected chi connectivity index (χ3v) is 4.21. The zero-order valence-electron chi connectivity index (χ0n) is 15.1. The Morgan fingerprint density at radius 2 is 1.81 bits per heavy atom. The monoisotopic (exact) mass is 351 g/mol. The summed E-state index contributed by atoms with van der Waals surface area (Å²) in [5.41, 5.74) is 3.28. The van der Waals surface area contributed by atoms with Gasteiger partial charge in [-0.2, -0.15) is 0 Å². The lowest BCUT2D eigenvalue weighted by atomic mass is 9.84. The minimum absolute atomic E-state index is 0.128. The highest BCUT2D eigenvalue weighted by Crippen LogP contribution is 2.36. The Labute approximate surface area is 152 Å². The first-order chi connectivity index (χ1) is 12.3. The molecule has 0 spiro atoms. The van der Waals surface area contributed by atoms with Crippen LogP contribution >= 0.6 is 0 Å². The summed E-state index contributed by atoms with van der Waals surface area (Å²) in [4.78, 5) is 12.8. The molecule has 0 unspecified atom stereocenters. The van der Waals surface area contributed by atoms with Gasteiger partial charge >= 0.3 is 5.97 Å². The lowest BCUT2D eigenvalue weighted by Crippen LogP contribution is -2.14. The van der Waals surface area contributed by atoms with Crippen LogP contribution in [0, 0.1) is 7.11 Å². The lowest BCUT2D eigenvalue weighted by molar-refractivity contribution is -0.138. The molecule has 0 amide bonds. The smallest absolute Gasteiger partial charge is 0.306 e. The number of phenolic OH excluding ortho intramolecular Hbond substituents is 1. The summed E-state index contributed by atoms with van der Waals surface area (Å²) in [6.07, 6.45) is 0.589. The molecular formula is C20H21N3O3. The van der Waals surface area contributed by atoms with Crippen molar-refractivity contribution < 1.29 is 14.6 Å². The van der Waals surface area contributed by atoms with E-state index in [0.29, 0.717) is 12.1 Å². The predicted octanol–water partition coefficient (Wildman–Crippen LogP) is 3.57. The largest absolute Gasteiger partial charge is 0.505 e. The molecule has 134 valence electrons. The van der Waals surface area contributed by atoms with Gasteiger partial charge in [0.1, 0.15) is 22.5 Å². The highest BCUT2D eigenvalue weighted by Gasteiger charge is 2.23. The molecule has 0 bridgehead atoms. The van der Waals surface area contributed by atoms with Crippen LogP contribution in [0.1, 0.15) is 38.3 Å². The summed E-state index contributed by atoms with van der Waals surface area (Å²) in [7, 11) is 4.91. The van der Waals surface area contributed by atoms with Gasteiger partial charge in [0.15, 0.2) is 7.11 Å². The number of fused-ring (bicyclic) bond motifs is 1. The molecule has 1 aromatic heterocycles. The number of ether oxygens (including phenoxy) is 1. The number of carbonyl (C=O) groups is 1. The molecule has 1 N–H and O–H groups in total. The van der Waals surface area contributed by atoms with Crippen molar-refractivity contribution in [2.45, 2.75) is 39.0 Å². The normalized spacial score (nSPS) is 11.7. The van der Waals surface area contributed by atoms with Crippen molar-refractivity contribution in [2.24, 2.45) is 0 Å². The van der Waals surface area contributed by atoms with Crippen molar-refractivity contribution in [1.82, 2.24) is 15.0 Å². The Hall–Kier alpha value is -2.89. The number of carbonyl (C=O) groups excluding carboxylic acids is 1. The van der Waals surface area contributed by atoms with Gasteiger partial charge in [-0.25, -0.2) is 0 Å². The van der Waals surface area contributed by atoms with Crippen molar-refractivity contribution in [1.29, 1.82) is 0 Å². The van der Waals surface area contributed by atoms with E-state index in [1.807, 2.05) is 51.1 Å². The van der Waals surface area contributed by atoms with E-state index in [1.54, 1.807) is 6.07 Å². The molecular weight excluding hydrogens is 330 g/mol. The Morgan fingerprint density at radius 1 is 1.19 bits per heavy atom. The number of esters is 1. The molecule has 6 nitrogen and oxygen atoms in total. The van der Waals surface area contributed by atoms with Gasteiger partial charge in [-0.3, -0.25) is 4.79 Å². The van der Waals surface area contributed by atoms with Crippen molar-refractivity contribution >= 4 is 17.0 Å². The average Bonchev–Trinajstić information content (AvgIpc) is 3.03. The Balaban J connectivity index is 2.11. The summed E-state index contributed by atoms with van der Waals surface area (Å²) < 4.78 is 4.23. The fourth-order valence-corrected chi connectivity index (χ4v) is 2.82. The fourth-order valence-electron chi connectivity index (χ4n) is 2.82. The van der Waals surface area contributed by atoms with Crippen LogP contribution < -0.4 is 0 Å². The number of hydrogen-bond donors (Lipinski definition) is 1. The Kier molecular flexibility index (Phi) is 4.68. The van der Waals surface area contributed by atoms with Crippen LogP contribution in [0.3, 0.4) is 0 Å². The van der Waals surface area contributed by atoms with Crippen LogP contribution in [0.5, 0.6) is 5.75 Å². The molecule has 2 aromatic carbocycles. The van der Waals surface area contributed by atoms with Gasteiger partial charge in [-0.15, -0.1) is 15.0 Å². The molecule has 0 saturated heterocycles. The second-order valence-electron chi connectivity index (χ2n) is 7.23. The summed E-state index contributed by atoms with van der Waals surface area (Å²) in [6.45, 7) is 6.03. The molecule has 0 saturated carbocycles. The molecule has 0 aliphatic rings. The quantitative estimate of drug-likeness (QED) is 0.727. The number of aromatic hydroxyl groups is 1. The van der Waals surface area contributed by atoms with Gasteiger partial charge in [0, 0.05) is 12.0 Å². The van der Waals surface area contributed by atoms with Crippen LogP contribution in [0.4, 0.5) is 0 Å². The number of aromatic nitrogens is 3. The van der Waals surface area contributed by atoms with Crippen molar-refractivity contribution in [3.63, 3.8) is 0 Å². The van der Waals surface area contributed by atoms with E-state index >= 15 is 0 Å². The third kappa shape index (κ3) is 3.54. The summed E-state index contributed by atoms with van der Waals surface area (Å²) in [5.74, 6) is -0.358. The van der Waals surface area contributed by atoms with Gasteiger partial charge in [0.2, 0.25) is 0 Å². The van der Waals surface area contributed by atoms with Crippen LogP contribution in [0.15, 0.2) is 36.4 Å². The van der Waals surface area contributed by atoms with Crippen LogP contribution in [0.25, 0.3) is 16.7 Å². The molecule has 1 heterocycles. The van der Waals surface area contributed by atoms with Crippen LogP contribution in [-0.4, -0.2) is 26.1 Å². The van der Waals surface area contributed by atoms with E-state index in [4.69, 9.17) is 7.11 Å². The number of aryl methyl sites for hydroxylation is 1. The van der Waals surface area contributed by atoms with E-state index in [0.717, 1.165) is 22.2 Å². The van der Waals surface area contributed by atoms with Gasteiger partial charge in [-0.1, -0.05) is 39.0 Å². The highest BCUT2D eigenvalue weighted by molar-refractivity contribution is 5.74. The zero-order valence-corrected chi connectivity index (χ0v) is 15.1. The fraction of sp³-hybridized carbons (Fsp3) is 0.300. The van der Waals surface area contributed by atoms with Crippen molar-refractivity contribution in [2.75, 3.05) is 0 Å². The van der Waals surface area contributed by atoms with Crippen LogP contribution in [0.2, 0.25) is 0 Å². The van der Waals surface area contributed by atoms with Crippen molar-refractivity contribution in [3.8, 4) is 11.4 Å². The first-order valence-electron chi connectivity index (χ1n) is 8.38.